The molecule has 1 aliphatic rings. The fraction of sp³-hybridized carbons (Fsp3) is 0.208. The first-order valence-electron chi connectivity index (χ1n) is 10.2. The van der Waals surface area contributed by atoms with Crippen molar-refractivity contribution in [2.24, 2.45) is 0 Å². The summed E-state index contributed by atoms with van der Waals surface area (Å²) in [6.07, 6.45) is 0. The van der Waals surface area contributed by atoms with Crippen molar-refractivity contribution in [3.63, 3.8) is 0 Å². The molecule has 6 nitrogen and oxygen atoms in total. The SMILES string of the molecule is O=C(Nc1ccc(Nc2ccccc2)cc1)C(c1ccccc1)N1CCS(=O)(=O)CC1. The Balaban J connectivity index is 1.48. The van der Waals surface area contributed by atoms with Gasteiger partial charge < -0.3 is 10.6 Å². The molecule has 0 bridgehead atoms. The average Bonchev–Trinajstić information content (AvgIpc) is 2.78. The van der Waals surface area contributed by atoms with E-state index < -0.39 is 15.9 Å². The lowest BCUT2D eigenvalue weighted by Crippen LogP contribution is -2.46. The molecule has 160 valence electrons. The summed E-state index contributed by atoms with van der Waals surface area (Å²) in [5, 5.41) is 6.31. The predicted molar refractivity (Wildman–Crippen MR) is 124 cm³/mol. The molecule has 4 rings (SSSR count). The maximum absolute atomic E-state index is 13.2. The zero-order valence-electron chi connectivity index (χ0n) is 17.1. The van der Waals surface area contributed by atoms with Gasteiger partial charge in [0, 0.05) is 30.2 Å². The van der Waals surface area contributed by atoms with E-state index in [1.807, 2.05) is 89.8 Å². The lowest BCUT2D eigenvalue weighted by atomic mass is 10.0. The first-order valence-corrected chi connectivity index (χ1v) is 12.0. The summed E-state index contributed by atoms with van der Waals surface area (Å²) in [4.78, 5) is 15.2. The van der Waals surface area contributed by atoms with Gasteiger partial charge in [0.1, 0.15) is 6.04 Å². The number of nitrogens with one attached hydrogen (secondary N) is 2. The molecule has 1 unspecified atom stereocenters. The van der Waals surface area contributed by atoms with Crippen molar-refractivity contribution >= 4 is 32.8 Å². The van der Waals surface area contributed by atoms with Crippen LogP contribution >= 0.6 is 0 Å². The van der Waals surface area contributed by atoms with Crippen LogP contribution in [0.25, 0.3) is 0 Å². The fourth-order valence-corrected chi connectivity index (χ4v) is 4.91. The summed E-state index contributed by atoms with van der Waals surface area (Å²) < 4.78 is 23.7. The quantitative estimate of drug-likeness (QED) is 0.615. The topological polar surface area (TPSA) is 78.5 Å². The molecule has 1 heterocycles. The van der Waals surface area contributed by atoms with Crippen molar-refractivity contribution < 1.29 is 13.2 Å². The molecule has 1 atom stereocenters. The lowest BCUT2D eigenvalue weighted by molar-refractivity contribution is -0.121. The molecule has 1 fully saturated rings. The molecule has 1 saturated heterocycles. The van der Waals surface area contributed by atoms with Crippen LogP contribution in [0.4, 0.5) is 17.1 Å². The number of rotatable bonds is 6. The van der Waals surface area contributed by atoms with Crippen LogP contribution in [0.5, 0.6) is 0 Å². The highest BCUT2D eigenvalue weighted by molar-refractivity contribution is 7.91. The van der Waals surface area contributed by atoms with E-state index in [9.17, 15) is 13.2 Å². The molecule has 1 amide bonds. The molecule has 31 heavy (non-hydrogen) atoms. The van der Waals surface area contributed by atoms with E-state index in [1.54, 1.807) is 0 Å². The highest BCUT2D eigenvalue weighted by Gasteiger charge is 2.32. The van der Waals surface area contributed by atoms with Gasteiger partial charge in [0.25, 0.3) is 0 Å². The monoisotopic (exact) mass is 435 g/mol. The van der Waals surface area contributed by atoms with E-state index in [2.05, 4.69) is 10.6 Å². The normalized spacial score (nSPS) is 16.9. The van der Waals surface area contributed by atoms with Crippen LogP contribution < -0.4 is 10.6 Å². The Bertz CT molecular complexity index is 1100. The van der Waals surface area contributed by atoms with Crippen molar-refractivity contribution in [2.45, 2.75) is 6.04 Å². The number of carbonyl (C=O) groups is 1. The summed E-state index contributed by atoms with van der Waals surface area (Å²) in [5.74, 6) is -0.0262. The van der Waals surface area contributed by atoms with Gasteiger partial charge in [-0.25, -0.2) is 8.42 Å². The minimum Gasteiger partial charge on any atom is -0.356 e. The molecular weight excluding hydrogens is 410 g/mol. The highest BCUT2D eigenvalue weighted by atomic mass is 32.2. The van der Waals surface area contributed by atoms with E-state index in [0.29, 0.717) is 18.8 Å². The molecule has 0 radical (unpaired) electrons. The largest absolute Gasteiger partial charge is 0.356 e. The van der Waals surface area contributed by atoms with Crippen molar-refractivity contribution in [1.29, 1.82) is 0 Å². The van der Waals surface area contributed by atoms with Gasteiger partial charge in [-0.1, -0.05) is 48.5 Å². The second-order valence-electron chi connectivity index (χ2n) is 7.56. The first-order chi connectivity index (χ1) is 15.0. The molecule has 7 heteroatoms. The molecular formula is C24H25N3O3S. The van der Waals surface area contributed by atoms with Crippen LogP contribution in [0, 0.1) is 0 Å². The number of hydrogen-bond acceptors (Lipinski definition) is 5. The Kier molecular flexibility index (Phi) is 6.34. The van der Waals surface area contributed by atoms with E-state index in [4.69, 9.17) is 0 Å². The van der Waals surface area contributed by atoms with Gasteiger partial charge in [0.2, 0.25) is 5.91 Å². The van der Waals surface area contributed by atoms with Crippen LogP contribution in [0.1, 0.15) is 11.6 Å². The molecule has 0 aromatic heterocycles. The number of para-hydroxylation sites is 1. The smallest absolute Gasteiger partial charge is 0.246 e. The first kappa shape index (κ1) is 21.1. The molecule has 0 saturated carbocycles. The summed E-state index contributed by atoms with van der Waals surface area (Å²) in [7, 11) is -3.03. The standard InChI is InChI=1S/C24H25N3O3S/c28-24(26-22-13-11-21(12-14-22)25-20-9-5-2-6-10-20)23(19-7-3-1-4-8-19)27-15-17-31(29,30)18-16-27/h1-14,23,25H,15-18H2,(H,26,28). The Morgan fingerprint density at radius 2 is 1.26 bits per heavy atom. The van der Waals surface area contributed by atoms with E-state index >= 15 is 0 Å². The number of nitrogens with zero attached hydrogens (tertiary/aromatic N) is 1. The molecule has 3 aromatic rings. The second-order valence-corrected chi connectivity index (χ2v) is 9.86. The number of anilines is 3. The minimum atomic E-state index is -3.03. The van der Waals surface area contributed by atoms with Gasteiger partial charge in [-0.3, -0.25) is 9.69 Å². The van der Waals surface area contributed by atoms with Gasteiger partial charge in [-0.05, 0) is 42.0 Å². The van der Waals surface area contributed by atoms with Crippen molar-refractivity contribution in [1.82, 2.24) is 4.90 Å². The maximum atomic E-state index is 13.2. The van der Waals surface area contributed by atoms with E-state index in [1.165, 1.54) is 0 Å². The second kappa shape index (κ2) is 9.32. The van der Waals surface area contributed by atoms with Gasteiger partial charge >= 0.3 is 0 Å². The zero-order valence-corrected chi connectivity index (χ0v) is 17.9. The highest BCUT2D eigenvalue weighted by Crippen LogP contribution is 2.25. The van der Waals surface area contributed by atoms with Crippen LogP contribution in [0.2, 0.25) is 0 Å². The maximum Gasteiger partial charge on any atom is 0.246 e. The van der Waals surface area contributed by atoms with Gasteiger partial charge in [-0.15, -0.1) is 0 Å². The third-order valence-electron chi connectivity index (χ3n) is 5.32. The summed E-state index contributed by atoms with van der Waals surface area (Å²) in [6, 6.07) is 26.3. The van der Waals surface area contributed by atoms with Crippen molar-refractivity contribution in [3.8, 4) is 0 Å². The van der Waals surface area contributed by atoms with Crippen molar-refractivity contribution in [3.05, 3.63) is 90.5 Å². The Labute approximate surface area is 182 Å². The number of amides is 1. The predicted octanol–water partition coefficient (Wildman–Crippen LogP) is 3.84. The van der Waals surface area contributed by atoms with Gasteiger partial charge in [0.05, 0.1) is 11.5 Å². The van der Waals surface area contributed by atoms with Crippen LogP contribution in [0.15, 0.2) is 84.9 Å². The summed E-state index contributed by atoms with van der Waals surface area (Å²) in [5.41, 5.74) is 3.45. The van der Waals surface area contributed by atoms with E-state index in [-0.39, 0.29) is 17.4 Å². The summed E-state index contributed by atoms with van der Waals surface area (Å²) in [6.45, 7) is 0.685. The van der Waals surface area contributed by atoms with Crippen LogP contribution in [-0.2, 0) is 14.6 Å². The Morgan fingerprint density at radius 3 is 1.87 bits per heavy atom. The van der Waals surface area contributed by atoms with Crippen LogP contribution in [0.3, 0.4) is 0 Å². The average molecular weight is 436 g/mol. The lowest BCUT2D eigenvalue weighted by Gasteiger charge is -2.33. The minimum absolute atomic E-state index is 0.0729. The Hall–Kier alpha value is -3.16. The number of benzene rings is 3. The third kappa shape index (κ3) is 5.51. The molecule has 1 aliphatic heterocycles. The van der Waals surface area contributed by atoms with Gasteiger partial charge in [-0.2, -0.15) is 0 Å². The molecule has 3 aromatic carbocycles. The number of sulfone groups is 1. The van der Waals surface area contributed by atoms with Crippen molar-refractivity contribution in [2.75, 3.05) is 35.2 Å². The molecule has 2 N–H and O–H groups in total. The number of hydrogen-bond donors (Lipinski definition) is 2. The molecule has 0 spiro atoms. The zero-order chi connectivity index (χ0) is 21.7. The van der Waals surface area contributed by atoms with Gasteiger partial charge in [0.15, 0.2) is 9.84 Å². The summed E-state index contributed by atoms with van der Waals surface area (Å²) >= 11 is 0. The van der Waals surface area contributed by atoms with Crippen LogP contribution in [-0.4, -0.2) is 43.8 Å². The molecule has 0 aliphatic carbocycles. The third-order valence-corrected chi connectivity index (χ3v) is 6.93. The van der Waals surface area contributed by atoms with E-state index in [0.717, 1.165) is 16.9 Å². The Morgan fingerprint density at radius 1 is 0.742 bits per heavy atom. The fourth-order valence-electron chi connectivity index (χ4n) is 3.68. The number of carbonyl (C=O) groups excluding carboxylic acids is 1.